The molecule has 0 saturated carbocycles. The van der Waals surface area contributed by atoms with E-state index in [9.17, 15) is 4.79 Å². The Balaban J connectivity index is 2.13. The van der Waals surface area contributed by atoms with Crippen LogP contribution < -0.4 is 11.4 Å². The summed E-state index contributed by atoms with van der Waals surface area (Å²) in [6.45, 7) is 0. The number of thiophene rings is 1. The van der Waals surface area contributed by atoms with Crippen LogP contribution in [-0.4, -0.2) is 9.97 Å². The van der Waals surface area contributed by atoms with E-state index in [2.05, 4.69) is 41.8 Å². The fourth-order valence-corrected chi connectivity index (χ4v) is 3.78. The third-order valence-corrected chi connectivity index (χ3v) is 5.12. The van der Waals surface area contributed by atoms with Crippen LogP contribution in [0.2, 0.25) is 0 Å². The molecule has 3 aromatic rings. The molecule has 0 spiro atoms. The Hall–Kier alpha value is -0.890. The molecule has 1 atom stereocenters. The Bertz CT molecular complexity index is 805. The molecule has 98 valence electrons. The first-order valence-electron chi connectivity index (χ1n) is 5.45. The molecule has 2 aromatic heterocycles. The van der Waals surface area contributed by atoms with Gasteiger partial charge in [-0.15, -0.1) is 11.3 Å². The molecule has 0 aliphatic heterocycles. The molecular weight excluding hydrogens is 394 g/mol. The summed E-state index contributed by atoms with van der Waals surface area (Å²) in [4.78, 5) is 16.8. The Kier molecular flexibility index (Phi) is 3.38. The van der Waals surface area contributed by atoms with Gasteiger partial charge in [0.2, 0.25) is 0 Å². The van der Waals surface area contributed by atoms with E-state index in [4.69, 9.17) is 5.73 Å². The van der Waals surface area contributed by atoms with Crippen molar-refractivity contribution in [2.75, 3.05) is 0 Å². The molecule has 19 heavy (non-hydrogen) atoms. The van der Waals surface area contributed by atoms with Crippen LogP contribution in [0.4, 0.5) is 0 Å². The Morgan fingerprint density at radius 3 is 2.47 bits per heavy atom. The van der Waals surface area contributed by atoms with Gasteiger partial charge < -0.3 is 15.7 Å². The van der Waals surface area contributed by atoms with Crippen LogP contribution in [0.15, 0.2) is 36.6 Å². The quantitative estimate of drug-likeness (QED) is 0.613. The van der Waals surface area contributed by atoms with Crippen molar-refractivity contribution < 1.29 is 0 Å². The van der Waals surface area contributed by atoms with Crippen LogP contribution in [0.5, 0.6) is 0 Å². The van der Waals surface area contributed by atoms with E-state index in [-0.39, 0.29) is 11.7 Å². The minimum Gasteiger partial charge on any atom is -0.320 e. The molecule has 3 rings (SSSR count). The van der Waals surface area contributed by atoms with E-state index in [1.54, 1.807) is 11.3 Å². The number of imidazole rings is 1. The van der Waals surface area contributed by atoms with E-state index < -0.39 is 0 Å². The maximum Gasteiger partial charge on any atom is 0.323 e. The maximum absolute atomic E-state index is 11.3. The summed E-state index contributed by atoms with van der Waals surface area (Å²) < 4.78 is 1.93. The molecule has 0 fully saturated rings. The molecule has 0 bridgehead atoms. The van der Waals surface area contributed by atoms with E-state index in [0.29, 0.717) is 0 Å². The van der Waals surface area contributed by atoms with E-state index in [0.717, 1.165) is 30.4 Å². The summed E-state index contributed by atoms with van der Waals surface area (Å²) in [6, 6.07) is 5.53. The van der Waals surface area contributed by atoms with Crippen molar-refractivity contribution in [2.45, 2.75) is 6.04 Å². The summed E-state index contributed by atoms with van der Waals surface area (Å²) in [5, 5.41) is 2.02. The number of nitrogens with two attached hydrogens (primary N) is 1. The van der Waals surface area contributed by atoms with Crippen molar-refractivity contribution in [1.82, 2.24) is 9.97 Å². The number of rotatable bonds is 2. The molecule has 4 nitrogen and oxygen atoms in total. The highest BCUT2D eigenvalue weighted by Crippen LogP contribution is 2.32. The third-order valence-electron chi connectivity index (χ3n) is 2.92. The number of hydrogen-bond donors (Lipinski definition) is 3. The Morgan fingerprint density at radius 1 is 1.16 bits per heavy atom. The lowest BCUT2D eigenvalue weighted by molar-refractivity contribution is 0.872. The SMILES string of the molecule is NC(c1csc(Br)c1)c1cc2[nH]c(=O)[nH]c2cc1Br. The first kappa shape index (κ1) is 13.1. The number of benzene rings is 1. The number of H-pyrrole nitrogens is 2. The zero-order chi connectivity index (χ0) is 13.6. The van der Waals surface area contributed by atoms with Gasteiger partial charge in [-0.2, -0.15) is 0 Å². The number of halogens is 2. The number of aromatic amines is 2. The Labute approximate surface area is 129 Å². The molecule has 0 radical (unpaired) electrons. The van der Waals surface area contributed by atoms with Crippen molar-refractivity contribution >= 4 is 54.2 Å². The highest BCUT2D eigenvalue weighted by atomic mass is 79.9. The van der Waals surface area contributed by atoms with Crippen LogP contribution in [-0.2, 0) is 0 Å². The van der Waals surface area contributed by atoms with Crippen LogP contribution in [0.3, 0.4) is 0 Å². The number of hydrogen-bond acceptors (Lipinski definition) is 3. The highest BCUT2D eigenvalue weighted by Gasteiger charge is 2.15. The van der Waals surface area contributed by atoms with Crippen molar-refractivity contribution in [1.29, 1.82) is 0 Å². The van der Waals surface area contributed by atoms with Gasteiger partial charge in [0.1, 0.15) is 0 Å². The molecule has 7 heteroatoms. The first-order valence-corrected chi connectivity index (χ1v) is 7.92. The average molecular weight is 403 g/mol. The lowest BCUT2D eigenvalue weighted by Gasteiger charge is -2.12. The first-order chi connectivity index (χ1) is 9.04. The second-order valence-electron chi connectivity index (χ2n) is 4.16. The lowest BCUT2D eigenvalue weighted by atomic mass is 10.0. The van der Waals surface area contributed by atoms with Crippen molar-refractivity contribution in [2.24, 2.45) is 5.73 Å². The van der Waals surface area contributed by atoms with E-state index in [1.807, 2.05) is 23.6 Å². The van der Waals surface area contributed by atoms with Crippen molar-refractivity contribution in [3.63, 3.8) is 0 Å². The predicted octanol–water partition coefficient (Wildman–Crippen LogP) is 3.49. The lowest BCUT2D eigenvalue weighted by Crippen LogP contribution is -2.11. The van der Waals surface area contributed by atoms with Gasteiger partial charge >= 0.3 is 5.69 Å². The van der Waals surface area contributed by atoms with Gasteiger partial charge in [0.05, 0.1) is 20.9 Å². The second-order valence-corrected chi connectivity index (χ2v) is 7.31. The fourth-order valence-electron chi connectivity index (χ4n) is 1.98. The average Bonchev–Trinajstić information content (AvgIpc) is 2.92. The van der Waals surface area contributed by atoms with Gasteiger partial charge in [0.25, 0.3) is 0 Å². The van der Waals surface area contributed by atoms with Gasteiger partial charge in [-0.05, 0) is 50.6 Å². The molecule has 4 N–H and O–H groups in total. The second kappa shape index (κ2) is 4.90. The number of aromatic nitrogens is 2. The molecule has 0 aliphatic carbocycles. The third kappa shape index (κ3) is 2.43. The van der Waals surface area contributed by atoms with Gasteiger partial charge in [0.15, 0.2) is 0 Å². The van der Waals surface area contributed by atoms with Gasteiger partial charge in [0, 0.05) is 4.47 Å². The fraction of sp³-hybridized carbons (Fsp3) is 0.0833. The smallest absolute Gasteiger partial charge is 0.320 e. The molecule has 0 saturated heterocycles. The molecule has 1 unspecified atom stereocenters. The summed E-state index contributed by atoms with van der Waals surface area (Å²) in [5.74, 6) is 0. The van der Waals surface area contributed by atoms with Crippen molar-refractivity contribution in [3.05, 3.63) is 53.4 Å². The maximum atomic E-state index is 11.3. The summed E-state index contributed by atoms with van der Waals surface area (Å²) in [5.41, 5.74) is 9.56. The van der Waals surface area contributed by atoms with Gasteiger partial charge in [-0.25, -0.2) is 4.79 Å². The minimum absolute atomic E-state index is 0.217. The summed E-state index contributed by atoms with van der Waals surface area (Å²) in [6.07, 6.45) is 0. The summed E-state index contributed by atoms with van der Waals surface area (Å²) >= 11 is 8.54. The highest BCUT2D eigenvalue weighted by molar-refractivity contribution is 9.11. The van der Waals surface area contributed by atoms with Gasteiger partial charge in [-0.1, -0.05) is 15.9 Å². The van der Waals surface area contributed by atoms with E-state index in [1.165, 1.54) is 0 Å². The predicted molar refractivity (Wildman–Crippen MR) is 84.7 cm³/mol. The van der Waals surface area contributed by atoms with Crippen LogP contribution in [0, 0.1) is 0 Å². The Morgan fingerprint density at radius 2 is 1.84 bits per heavy atom. The molecule has 0 aliphatic rings. The van der Waals surface area contributed by atoms with Crippen molar-refractivity contribution in [3.8, 4) is 0 Å². The largest absolute Gasteiger partial charge is 0.323 e. The number of fused-ring (bicyclic) bond motifs is 1. The van der Waals surface area contributed by atoms with Gasteiger partial charge in [-0.3, -0.25) is 0 Å². The minimum atomic E-state index is -0.236. The van der Waals surface area contributed by atoms with E-state index >= 15 is 0 Å². The molecule has 0 amide bonds. The molecular formula is C12H9Br2N3OS. The van der Waals surface area contributed by atoms with Crippen LogP contribution >= 0.6 is 43.2 Å². The van der Waals surface area contributed by atoms with Crippen LogP contribution in [0.25, 0.3) is 11.0 Å². The zero-order valence-corrected chi connectivity index (χ0v) is 13.5. The topological polar surface area (TPSA) is 74.7 Å². The summed E-state index contributed by atoms with van der Waals surface area (Å²) in [7, 11) is 0. The monoisotopic (exact) mass is 401 g/mol. The molecule has 1 aromatic carbocycles. The normalized spacial score (nSPS) is 13.0. The number of nitrogens with one attached hydrogen (secondary N) is 2. The van der Waals surface area contributed by atoms with Crippen LogP contribution in [0.1, 0.15) is 17.2 Å². The molecule has 2 heterocycles. The standard InChI is InChI=1S/C12H9Br2N3OS/c13-7-3-9-8(16-12(18)17-9)2-6(7)11(15)5-1-10(14)19-4-5/h1-4,11H,15H2,(H2,16,17,18). The zero-order valence-electron chi connectivity index (χ0n) is 9.54.